The van der Waals surface area contributed by atoms with Crippen molar-refractivity contribution < 1.29 is 14.7 Å². The molecule has 6 nitrogen and oxygen atoms in total. The second kappa shape index (κ2) is 3.73. The van der Waals surface area contributed by atoms with Crippen LogP contribution in [-0.4, -0.2) is 28.8 Å². The molecule has 0 saturated carbocycles. The molecule has 1 heterocycles. The van der Waals surface area contributed by atoms with Crippen molar-refractivity contribution in [1.29, 1.82) is 0 Å². The van der Waals surface area contributed by atoms with Gasteiger partial charge < -0.3 is 10.8 Å². The molecule has 3 amide bonds. The number of amides is 3. The summed E-state index contributed by atoms with van der Waals surface area (Å²) in [6, 6.07) is 6.45. The molecule has 1 aromatic carbocycles. The standard InChI is InChI=1S/C10H11N3O3/c11-9(14)13-6-12(10(15)16)5-7-3-1-2-4-8(7)13/h1-4H,5-6H2,(H2,11,14)(H,15,16). The molecule has 1 aliphatic rings. The number of urea groups is 1. The molecule has 0 unspecified atom stereocenters. The van der Waals surface area contributed by atoms with Gasteiger partial charge in [0.05, 0.1) is 12.2 Å². The lowest BCUT2D eigenvalue weighted by Crippen LogP contribution is -2.49. The van der Waals surface area contributed by atoms with E-state index in [4.69, 9.17) is 10.8 Å². The van der Waals surface area contributed by atoms with Crippen molar-refractivity contribution in [2.75, 3.05) is 11.6 Å². The topological polar surface area (TPSA) is 86.9 Å². The maximum absolute atomic E-state index is 11.2. The number of hydrogen-bond donors (Lipinski definition) is 2. The Balaban J connectivity index is 2.41. The van der Waals surface area contributed by atoms with Gasteiger partial charge in [0.1, 0.15) is 6.67 Å². The molecule has 1 aliphatic heterocycles. The minimum absolute atomic E-state index is 0.0261. The molecule has 84 valence electrons. The van der Waals surface area contributed by atoms with Crippen LogP contribution in [-0.2, 0) is 6.54 Å². The first-order valence-electron chi connectivity index (χ1n) is 4.72. The summed E-state index contributed by atoms with van der Waals surface area (Å²) in [5.74, 6) is 0. The zero-order chi connectivity index (χ0) is 11.7. The summed E-state index contributed by atoms with van der Waals surface area (Å²) in [5.41, 5.74) is 6.66. The van der Waals surface area contributed by atoms with E-state index in [0.29, 0.717) is 5.69 Å². The highest BCUT2D eigenvalue weighted by Crippen LogP contribution is 2.26. The van der Waals surface area contributed by atoms with Crippen LogP contribution in [0, 0.1) is 0 Å². The van der Waals surface area contributed by atoms with E-state index in [1.807, 2.05) is 0 Å². The second-order valence-electron chi connectivity index (χ2n) is 3.52. The molecular formula is C10H11N3O3. The molecular weight excluding hydrogens is 210 g/mol. The highest BCUT2D eigenvalue weighted by atomic mass is 16.4. The zero-order valence-electron chi connectivity index (χ0n) is 8.46. The van der Waals surface area contributed by atoms with Gasteiger partial charge in [0, 0.05) is 0 Å². The van der Waals surface area contributed by atoms with Crippen molar-refractivity contribution in [2.45, 2.75) is 6.54 Å². The van der Waals surface area contributed by atoms with Gasteiger partial charge in [-0.1, -0.05) is 18.2 Å². The lowest BCUT2D eigenvalue weighted by molar-refractivity contribution is 0.140. The molecule has 0 spiro atoms. The van der Waals surface area contributed by atoms with E-state index in [9.17, 15) is 9.59 Å². The molecule has 6 heteroatoms. The first-order chi connectivity index (χ1) is 7.59. The Morgan fingerprint density at radius 2 is 2.00 bits per heavy atom. The van der Waals surface area contributed by atoms with Crippen molar-refractivity contribution in [3.8, 4) is 0 Å². The zero-order valence-corrected chi connectivity index (χ0v) is 8.46. The molecule has 0 saturated heterocycles. The second-order valence-corrected chi connectivity index (χ2v) is 3.52. The number of nitrogens with two attached hydrogens (primary N) is 1. The van der Waals surface area contributed by atoms with Crippen LogP contribution in [0.5, 0.6) is 0 Å². The van der Waals surface area contributed by atoms with E-state index >= 15 is 0 Å². The molecule has 0 radical (unpaired) electrons. The van der Waals surface area contributed by atoms with Gasteiger partial charge in [0.2, 0.25) is 0 Å². The molecule has 0 bridgehead atoms. The number of carbonyl (C=O) groups is 2. The maximum Gasteiger partial charge on any atom is 0.409 e. The quantitative estimate of drug-likeness (QED) is 0.685. The third-order valence-corrected chi connectivity index (χ3v) is 2.49. The Morgan fingerprint density at radius 3 is 2.62 bits per heavy atom. The van der Waals surface area contributed by atoms with Gasteiger partial charge in [0.15, 0.2) is 0 Å². The molecule has 0 aromatic heterocycles. The van der Waals surface area contributed by atoms with Gasteiger partial charge >= 0.3 is 12.1 Å². The number of fused-ring (bicyclic) bond motifs is 1. The Bertz CT molecular complexity index is 447. The number of para-hydroxylation sites is 1. The van der Waals surface area contributed by atoms with Crippen LogP contribution >= 0.6 is 0 Å². The van der Waals surface area contributed by atoms with Crippen LogP contribution < -0.4 is 10.6 Å². The van der Waals surface area contributed by atoms with Crippen LogP contribution in [0.3, 0.4) is 0 Å². The predicted octanol–water partition coefficient (Wildman–Crippen LogP) is 1.02. The molecule has 0 aliphatic carbocycles. The third-order valence-electron chi connectivity index (χ3n) is 2.49. The summed E-state index contributed by atoms with van der Waals surface area (Å²) in [7, 11) is 0. The average Bonchev–Trinajstić information content (AvgIpc) is 2.27. The van der Waals surface area contributed by atoms with Crippen LogP contribution in [0.1, 0.15) is 5.56 Å². The van der Waals surface area contributed by atoms with Gasteiger partial charge in [-0.05, 0) is 11.6 Å². The van der Waals surface area contributed by atoms with Gasteiger partial charge in [-0.3, -0.25) is 9.80 Å². The highest BCUT2D eigenvalue weighted by molar-refractivity contribution is 5.92. The monoisotopic (exact) mass is 221 g/mol. The van der Waals surface area contributed by atoms with E-state index in [-0.39, 0.29) is 13.2 Å². The van der Waals surface area contributed by atoms with Crippen LogP contribution in [0.15, 0.2) is 24.3 Å². The summed E-state index contributed by atoms with van der Waals surface area (Å²) < 4.78 is 0. The third kappa shape index (κ3) is 1.65. The Kier molecular flexibility index (Phi) is 2.40. The Labute approximate surface area is 91.9 Å². The summed E-state index contributed by atoms with van der Waals surface area (Å²) in [6.07, 6.45) is -1.07. The molecule has 1 aromatic rings. The maximum atomic E-state index is 11.2. The number of carboxylic acid groups (broad SMARTS) is 1. The largest absolute Gasteiger partial charge is 0.465 e. The lowest BCUT2D eigenvalue weighted by atomic mass is 10.1. The number of carbonyl (C=O) groups excluding carboxylic acids is 1. The smallest absolute Gasteiger partial charge is 0.409 e. The summed E-state index contributed by atoms with van der Waals surface area (Å²) in [5, 5.41) is 8.91. The summed E-state index contributed by atoms with van der Waals surface area (Å²) >= 11 is 0. The van der Waals surface area contributed by atoms with E-state index in [1.54, 1.807) is 24.3 Å². The number of primary amides is 1. The van der Waals surface area contributed by atoms with Crippen molar-refractivity contribution in [2.24, 2.45) is 5.73 Å². The van der Waals surface area contributed by atoms with Crippen molar-refractivity contribution in [3.63, 3.8) is 0 Å². The molecule has 3 N–H and O–H groups in total. The normalized spacial score (nSPS) is 14.5. The minimum atomic E-state index is -1.07. The van der Waals surface area contributed by atoms with E-state index < -0.39 is 12.1 Å². The Morgan fingerprint density at radius 1 is 1.31 bits per heavy atom. The number of nitrogens with zero attached hydrogens (tertiary/aromatic N) is 2. The van der Waals surface area contributed by atoms with Gasteiger partial charge in [-0.15, -0.1) is 0 Å². The van der Waals surface area contributed by atoms with Gasteiger partial charge in [-0.2, -0.15) is 0 Å². The predicted molar refractivity (Wildman–Crippen MR) is 56.9 cm³/mol. The fourth-order valence-corrected chi connectivity index (χ4v) is 1.73. The number of benzene rings is 1. The minimum Gasteiger partial charge on any atom is -0.465 e. The fourth-order valence-electron chi connectivity index (χ4n) is 1.73. The van der Waals surface area contributed by atoms with Crippen LogP contribution in [0.25, 0.3) is 0 Å². The van der Waals surface area contributed by atoms with Crippen molar-refractivity contribution >= 4 is 17.8 Å². The van der Waals surface area contributed by atoms with Gasteiger partial charge in [-0.25, -0.2) is 9.59 Å². The summed E-state index contributed by atoms with van der Waals surface area (Å²) in [6.45, 7) is 0.247. The Hall–Kier alpha value is -2.24. The molecule has 0 fully saturated rings. The van der Waals surface area contributed by atoms with Crippen molar-refractivity contribution in [3.05, 3.63) is 29.8 Å². The number of anilines is 1. The molecule has 2 rings (SSSR count). The average molecular weight is 221 g/mol. The first kappa shape index (κ1) is 10.3. The van der Waals surface area contributed by atoms with E-state index in [2.05, 4.69) is 0 Å². The van der Waals surface area contributed by atoms with E-state index in [0.717, 1.165) is 10.5 Å². The van der Waals surface area contributed by atoms with Crippen LogP contribution in [0.4, 0.5) is 15.3 Å². The van der Waals surface area contributed by atoms with Crippen molar-refractivity contribution in [1.82, 2.24) is 4.90 Å². The van der Waals surface area contributed by atoms with Gasteiger partial charge in [0.25, 0.3) is 0 Å². The number of rotatable bonds is 0. The lowest BCUT2D eigenvalue weighted by Gasteiger charge is -2.34. The molecule has 0 atom stereocenters. The number of hydrogen-bond acceptors (Lipinski definition) is 2. The van der Waals surface area contributed by atoms with Crippen LogP contribution in [0.2, 0.25) is 0 Å². The highest BCUT2D eigenvalue weighted by Gasteiger charge is 2.27. The first-order valence-corrected chi connectivity index (χ1v) is 4.72. The molecule has 16 heavy (non-hydrogen) atoms. The fraction of sp³-hybridized carbons (Fsp3) is 0.200. The summed E-state index contributed by atoms with van der Waals surface area (Å²) in [4.78, 5) is 24.5. The van der Waals surface area contributed by atoms with E-state index in [1.165, 1.54) is 4.90 Å². The SMILES string of the molecule is NC(=O)N1CN(C(=O)O)Cc2ccccc21.